The molecule has 0 atom stereocenters. The first-order chi connectivity index (χ1) is 11.6. The van der Waals surface area contributed by atoms with E-state index in [1.165, 1.54) is 28.2 Å². The number of carbonyl (C=O) groups is 1. The molecule has 7 heteroatoms. The summed E-state index contributed by atoms with van der Waals surface area (Å²) in [7, 11) is 0. The van der Waals surface area contributed by atoms with Crippen molar-refractivity contribution in [3.63, 3.8) is 0 Å². The highest BCUT2D eigenvalue weighted by Crippen LogP contribution is 2.10. The normalized spacial score (nSPS) is 10.5. The minimum Gasteiger partial charge on any atom is -0.346 e. The molecule has 0 aliphatic carbocycles. The van der Waals surface area contributed by atoms with Gasteiger partial charge in [-0.3, -0.25) is 9.59 Å². The monoisotopic (exact) mass is 340 g/mol. The van der Waals surface area contributed by atoms with Crippen molar-refractivity contribution in [2.24, 2.45) is 0 Å². The molecule has 0 radical (unpaired) electrons. The second kappa shape index (κ2) is 7.18. The Kier molecular flexibility index (Phi) is 4.81. The van der Waals surface area contributed by atoms with Crippen LogP contribution in [0.15, 0.2) is 53.5 Å². The van der Waals surface area contributed by atoms with Crippen molar-refractivity contribution in [1.82, 2.24) is 20.1 Å². The molecule has 6 nitrogen and oxygen atoms in total. The first kappa shape index (κ1) is 16.1. The van der Waals surface area contributed by atoms with E-state index in [1.807, 2.05) is 37.3 Å². The number of hydrogen-bond acceptors (Lipinski definition) is 5. The van der Waals surface area contributed by atoms with Crippen LogP contribution >= 0.6 is 11.3 Å². The van der Waals surface area contributed by atoms with Crippen LogP contribution in [0.1, 0.15) is 25.9 Å². The van der Waals surface area contributed by atoms with E-state index in [-0.39, 0.29) is 17.2 Å². The molecule has 0 fully saturated rings. The lowest BCUT2D eigenvalue weighted by Gasteiger charge is -2.07. The highest BCUT2D eigenvalue weighted by Gasteiger charge is 2.10. The lowest BCUT2D eigenvalue weighted by atomic mass is 10.2. The van der Waals surface area contributed by atoms with Crippen LogP contribution in [0.5, 0.6) is 0 Å². The Morgan fingerprint density at radius 3 is 2.71 bits per heavy atom. The number of hydrogen-bond donors (Lipinski definition) is 1. The molecular weight excluding hydrogens is 324 g/mol. The van der Waals surface area contributed by atoms with E-state index in [0.29, 0.717) is 13.1 Å². The molecule has 3 rings (SSSR count). The molecule has 1 aromatic carbocycles. The van der Waals surface area contributed by atoms with Crippen LogP contribution in [0.3, 0.4) is 0 Å². The van der Waals surface area contributed by atoms with Gasteiger partial charge in [0.05, 0.1) is 18.1 Å². The first-order valence-corrected chi connectivity index (χ1v) is 8.25. The molecule has 24 heavy (non-hydrogen) atoms. The molecule has 0 saturated heterocycles. The van der Waals surface area contributed by atoms with E-state index in [0.717, 1.165) is 15.4 Å². The highest BCUT2D eigenvalue weighted by atomic mass is 32.1. The van der Waals surface area contributed by atoms with Crippen LogP contribution in [-0.2, 0) is 13.1 Å². The van der Waals surface area contributed by atoms with Crippen LogP contribution in [0.25, 0.3) is 0 Å². The first-order valence-electron chi connectivity index (χ1n) is 7.43. The summed E-state index contributed by atoms with van der Waals surface area (Å²) >= 11 is 1.53. The van der Waals surface area contributed by atoms with Crippen LogP contribution in [-0.4, -0.2) is 20.7 Å². The number of aromatic nitrogens is 3. The molecule has 0 bridgehead atoms. The zero-order valence-corrected chi connectivity index (χ0v) is 13.9. The second-order valence-corrected chi connectivity index (χ2v) is 6.55. The van der Waals surface area contributed by atoms with Gasteiger partial charge in [-0.05, 0) is 18.6 Å². The summed E-state index contributed by atoms with van der Waals surface area (Å²) in [5.74, 6) is -0.317. The van der Waals surface area contributed by atoms with Gasteiger partial charge >= 0.3 is 0 Å². The van der Waals surface area contributed by atoms with E-state index in [2.05, 4.69) is 15.4 Å². The molecule has 0 spiro atoms. The Bertz CT molecular complexity index is 902. The minimum atomic E-state index is -0.317. The van der Waals surface area contributed by atoms with Crippen molar-refractivity contribution in [2.45, 2.75) is 20.0 Å². The van der Waals surface area contributed by atoms with E-state index in [4.69, 9.17) is 0 Å². The Hall–Kier alpha value is -2.80. The maximum atomic E-state index is 12.2. The summed E-state index contributed by atoms with van der Waals surface area (Å²) in [6, 6.07) is 12.3. The molecule has 3 aromatic rings. The number of aryl methyl sites for hydroxylation is 1. The Balaban J connectivity index is 1.72. The number of thiazole rings is 1. The second-order valence-electron chi connectivity index (χ2n) is 5.23. The van der Waals surface area contributed by atoms with Crippen LogP contribution in [0, 0.1) is 6.92 Å². The van der Waals surface area contributed by atoms with Crippen LogP contribution in [0.2, 0.25) is 0 Å². The number of amides is 1. The van der Waals surface area contributed by atoms with Crippen LogP contribution < -0.4 is 10.9 Å². The van der Waals surface area contributed by atoms with Gasteiger partial charge in [-0.25, -0.2) is 9.67 Å². The SMILES string of the molecule is Cc1ncc(CNC(=O)c2ccc(=O)n(Cc3ccccc3)n2)s1. The molecule has 0 aliphatic rings. The average molecular weight is 340 g/mol. The predicted octanol–water partition coefficient (Wildman–Crippen LogP) is 1.99. The van der Waals surface area contributed by atoms with Crippen molar-refractivity contribution in [3.05, 3.63) is 80.2 Å². The third-order valence-electron chi connectivity index (χ3n) is 3.37. The summed E-state index contributed by atoms with van der Waals surface area (Å²) in [5.41, 5.74) is 0.921. The standard InChI is InChI=1S/C17H16N4O2S/c1-12-18-9-14(24-12)10-19-17(23)15-7-8-16(22)21(20-15)11-13-5-3-2-4-6-13/h2-9H,10-11H2,1H3,(H,19,23). The highest BCUT2D eigenvalue weighted by molar-refractivity contribution is 7.11. The molecule has 2 heterocycles. The third kappa shape index (κ3) is 3.94. The maximum Gasteiger partial charge on any atom is 0.272 e. The maximum absolute atomic E-state index is 12.2. The van der Waals surface area contributed by atoms with Gasteiger partial charge in [-0.15, -0.1) is 11.3 Å². The van der Waals surface area contributed by atoms with Crippen LogP contribution in [0.4, 0.5) is 0 Å². The van der Waals surface area contributed by atoms with E-state index < -0.39 is 0 Å². The van der Waals surface area contributed by atoms with Crippen molar-refractivity contribution >= 4 is 17.2 Å². The Labute approximate surface area is 142 Å². The Morgan fingerprint density at radius 1 is 1.21 bits per heavy atom. The Morgan fingerprint density at radius 2 is 2.00 bits per heavy atom. The van der Waals surface area contributed by atoms with Gasteiger partial charge in [0, 0.05) is 17.1 Å². The summed E-state index contributed by atoms with van der Waals surface area (Å²) in [6.07, 6.45) is 1.74. The molecule has 0 unspecified atom stereocenters. The number of carbonyl (C=O) groups excluding carboxylic acids is 1. The van der Waals surface area contributed by atoms with E-state index in [1.54, 1.807) is 6.20 Å². The molecule has 0 saturated carbocycles. The van der Waals surface area contributed by atoms with Crippen molar-refractivity contribution in [2.75, 3.05) is 0 Å². The smallest absolute Gasteiger partial charge is 0.272 e. The average Bonchev–Trinajstić information content (AvgIpc) is 3.01. The summed E-state index contributed by atoms with van der Waals surface area (Å²) in [5, 5.41) is 7.91. The van der Waals surface area contributed by atoms with Crippen molar-refractivity contribution in [1.29, 1.82) is 0 Å². The molecule has 1 N–H and O–H groups in total. The topological polar surface area (TPSA) is 76.9 Å². The number of nitrogens with zero attached hydrogens (tertiary/aromatic N) is 3. The van der Waals surface area contributed by atoms with Crippen molar-refractivity contribution in [3.8, 4) is 0 Å². The summed E-state index contributed by atoms with van der Waals surface area (Å²) in [4.78, 5) is 29.3. The largest absolute Gasteiger partial charge is 0.346 e. The molecule has 122 valence electrons. The third-order valence-corrected chi connectivity index (χ3v) is 4.28. The van der Waals surface area contributed by atoms with Gasteiger partial charge in [0.25, 0.3) is 11.5 Å². The van der Waals surface area contributed by atoms with Gasteiger partial charge in [-0.2, -0.15) is 5.10 Å². The number of rotatable bonds is 5. The lowest BCUT2D eigenvalue weighted by Crippen LogP contribution is -2.29. The molecule has 1 amide bonds. The van der Waals surface area contributed by atoms with Gasteiger partial charge in [0.2, 0.25) is 0 Å². The van der Waals surface area contributed by atoms with Gasteiger partial charge in [-0.1, -0.05) is 30.3 Å². The van der Waals surface area contributed by atoms with E-state index in [9.17, 15) is 9.59 Å². The fourth-order valence-corrected chi connectivity index (χ4v) is 2.92. The minimum absolute atomic E-state index is 0.215. The molecule has 0 aliphatic heterocycles. The number of benzene rings is 1. The predicted molar refractivity (Wildman–Crippen MR) is 92.1 cm³/mol. The quantitative estimate of drug-likeness (QED) is 0.770. The zero-order valence-electron chi connectivity index (χ0n) is 13.1. The van der Waals surface area contributed by atoms with Gasteiger partial charge in [0.1, 0.15) is 5.69 Å². The molecule has 2 aromatic heterocycles. The van der Waals surface area contributed by atoms with E-state index >= 15 is 0 Å². The summed E-state index contributed by atoms with van der Waals surface area (Å²) in [6.45, 7) is 2.63. The fourth-order valence-electron chi connectivity index (χ4n) is 2.18. The van der Waals surface area contributed by atoms with Gasteiger partial charge < -0.3 is 5.32 Å². The zero-order chi connectivity index (χ0) is 16.9. The fraction of sp³-hybridized carbons (Fsp3) is 0.176. The van der Waals surface area contributed by atoms with Crippen molar-refractivity contribution < 1.29 is 4.79 Å². The number of nitrogens with one attached hydrogen (secondary N) is 1. The molecular formula is C17H16N4O2S. The van der Waals surface area contributed by atoms with Gasteiger partial charge in [0.15, 0.2) is 0 Å². The summed E-state index contributed by atoms with van der Waals surface area (Å²) < 4.78 is 1.29. The lowest BCUT2D eigenvalue weighted by molar-refractivity contribution is 0.0944.